The number of nitrogens with zero attached hydrogens (tertiary/aromatic N) is 1. The smallest absolute Gasteiger partial charge is 0.295 e. The summed E-state index contributed by atoms with van der Waals surface area (Å²) >= 11 is 5.90. The van der Waals surface area contributed by atoms with Gasteiger partial charge in [0.25, 0.3) is 11.7 Å². The molecular formula is C20H22ClN2O4+. The molecule has 7 heteroatoms. The number of hydrogen-bond acceptors (Lipinski definition) is 4. The number of halogens is 1. The molecule has 1 fully saturated rings. The molecule has 2 N–H and O–H groups in total. The van der Waals surface area contributed by atoms with Crippen LogP contribution in [0.15, 0.2) is 52.7 Å². The standard InChI is InChI=1S/C20H21ClN2O4/c1-22(2)10-4-11-23-17(15-5-3-12-27-15)16(19(25)20(23)26)18(24)13-6-8-14(21)9-7-13/h3,5-9,12,17,24H,4,10-11H2,1-2H3/p+1/t17-/m1/s1. The quantitative estimate of drug-likeness (QED) is 0.449. The van der Waals surface area contributed by atoms with Crippen molar-refractivity contribution in [1.29, 1.82) is 0 Å². The maximum absolute atomic E-state index is 12.7. The van der Waals surface area contributed by atoms with E-state index in [1.165, 1.54) is 16.1 Å². The van der Waals surface area contributed by atoms with Gasteiger partial charge in [0.05, 0.1) is 32.5 Å². The Hall–Kier alpha value is -2.57. The van der Waals surface area contributed by atoms with Crippen LogP contribution in [0.3, 0.4) is 0 Å². The van der Waals surface area contributed by atoms with Gasteiger partial charge in [0.2, 0.25) is 0 Å². The van der Waals surface area contributed by atoms with Gasteiger partial charge in [-0.25, -0.2) is 0 Å². The average molecular weight is 390 g/mol. The molecular weight excluding hydrogens is 368 g/mol. The predicted octanol–water partition coefficient (Wildman–Crippen LogP) is 1.89. The average Bonchev–Trinajstić information content (AvgIpc) is 3.24. The fourth-order valence-electron chi connectivity index (χ4n) is 3.22. The Labute approximate surface area is 162 Å². The minimum atomic E-state index is -0.743. The van der Waals surface area contributed by atoms with Crippen LogP contribution in [0.5, 0.6) is 0 Å². The zero-order chi connectivity index (χ0) is 19.6. The van der Waals surface area contributed by atoms with Crippen molar-refractivity contribution in [2.24, 2.45) is 0 Å². The Morgan fingerprint density at radius 1 is 1.22 bits per heavy atom. The first-order valence-corrected chi connectivity index (χ1v) is 9.14. The number of furan rings is 1. The Bertz CT molecular complexity index is 857. The molecule has 1 atom stereocenters. The monoisotopic (exact) mass is 389 g/mol. The van der Waals surface area contributed by atoms with E-state index in [1.807, 2.05) is 14.1 Å². The van der Waals surface area contributed by atoms with Crippen LogP contribution in [0.2, 0.25) is 5.02 Å². The highest BCUT2D eigenvalue weighted by molar-refractivity contribution is 6.46. The highest BCUT2D eigenvalue weighted by Crippen LogP contribution is 2.39. The van der Waals surface area contributed by atoms with E-state index >= 15 is 0 Å². The van der Waals surface area contributed by atoms with E-state index in [9.17, 15) is 14.7 Å². The van der Waals surface area contributed by atoms with Crippen LogP contribution < -0.4 is 4.90 Å². The molecule has 3 rings (SSSR count). The van der Waals surface area contributed by atoms with Crippen molar-refractivity contribution in [2.75, 3.05) is 27.2 Å². The molecule has 0 radical (unpaired) electrons. The molecule has 1 aromatic heterocycles. The summed E-state index contributed by atoms with van der Waals surface area (Å²) in [5.41, 5.74) is 0.459. The number of benzene rings is 1. The summed E-state index contributed by atoms with van der Waals surface area (Å²) in [5.74, 6) is -1.12. The topological polar surface area (TPSA) is 75.2 Å². The molecule has 142 valence electrons. The third-order valence-corrected chi connectivity index (χ3v) is 4.80. The molecule has 1 amide bonds. The maximum atomic E-state index is 12.7. The van der Waals surface area contributed by atoms with Gasteiger partial charge in [-0.05, 0) is 36.4 Å². The van der Waals surface area contributed by atoms with Gasteiger partial charge < -0.3 is 19.3 Å². The number of carbonyl (C=O) groups excluding carboxylic acids is 2. The summed E-state index contributed by atoms with van der Waals surface area (Å²) in [7, 11) is 4.05. The number of quaternary nitrogens is 1. The zero-order valence-corrected chi connectivity index (χ0v) is 16.0. The van der Waals surface area contributed by atoms with Gasteiger partial charge in [-0.1, -0.05) is 11.6 Å². The number of hydrogen-bond donors (Lipinski definition) is 2. The van der Waals surface area contributed by atoms with Gasteiger partial charge in [-0.3, -0.25) is 9.59 Å². The van der Waals surface area contributed by atoms with E-state index in [4.69, 9.17) is 16.0 Å². The minimum Gasteiger partial charge on any atom is -0.507 e. The Morgan fingerprint density at radius 3 is 2.52 bits per heavy atom. The minimum absolute atomic E-state index is 0.0365. The number of Topliss-reactive ketones (excluding diaryl/α,β-unsaturated/α-hetero) is 1. The van der Waals surface area contributed by atoms with Gasteiger partial charge in [0.15, 0.2) is 0 Å². The van der Waals surface area contributed by atoms with Crippen molar-refractivity contribution < 1.29 is 24.0 Å². The summed E-state index contributed by atoms with van der Waals surface area (Å²) in [4.78, 5) is 28.1. The third kappa shape index (κ3) is 3.91. The fraction of sp³-hybridized carbons (Fsp3) is 0.300. The molecule has 0 aliphatic carbocycles. The first-order valence-electron chi connectivity index (χ1n) is 8.77. The molecule has 0 spiro atoms. The summed E-state index contributed by atoms with van der Waals surface area (Å²) in [6, 6.07) is 9.12. The largest absolute Gasteiger partial charge is 0.507 e. The number of likely N-dealkylation sites (tertiary alicyclic amines) is 1. The molecule has 0 bridgehead atoms. The lowest BCUT2D eigenvalue weighted by Gasteiger charge is -2.23. The summed E-state index contributed by atoms with van der Waals surface area (Å²) in [6.07, 6.45) is 2.22. The number of ketones is 1. The predicted molar refractivity (Wildman–Crippen MR) is 101 cm³/mol. The molecule has 2 aromatic rings. The fourth-order valence-corrected chi connectivity index (χ4v) is 3.35. The summed E-state index contributed by atoms with van der Waals surface area (Å²) in [5, 5.41) is 11.3. The van der Waals surface area contributed by atoms with Crippen molar-refractivity contribution >= 4 is 29.1 Å². The second-order valence-electron chi connectivity index (χ2n) is 6.83. The van der Waals surface area contributed by atoms with Crippen LogP contribution in [0, 0.1) is 0 Å². The van der Waals surface area contributed by atoms with Crippen LogP contribution in [-0.2, 0) is 9.59 Å². The van der Waals surface area contributed by atoms with Gasteiger partial charge in [0.1, 0.15) is 17.6 Å². The van der Waals surface area contributed by atoms with Crippen LogP contribution in [0.1, 0.15) is 23.8 Å². The first kappa shape index (κ1) is 19.2. The number of aliphatic hydroxyl groups excluding tert-OH is 1. The van der Waals surface area contributed by atoms with Crippen molar-refractivity contribution in [2.45, 2.75) is 12.5 Å². The molecule has 2 heterocycles. The lowest BCUT2D eigenvalue weighted by Crippen LogP contribution is -3.05. The van der Waals surface area contributed by atoms with E-state index in [1.54, 1.807) is 36.4 Å². The van der Waals surface area contributed by atoms with E-state index < -0.39 is 17.7 Å². The molecule has 1 aliphatic rings. The van der Waals surface area contributed by atoms with E-state index in [0.717, 1.165) is 13.0 Å². The second kappa shape index (κ2) is 7.98. The van der Waals surface area contributed by atoms with E-state index in [0.29, 0.717) is 22.9 Å². The number of rotatable bonds is 6. The van der Waals surface area contributed by atoms with Crippen LogP contribution in [-0.4, -0.2) is 48.9 Å². The van der Waals surface area contributed by atoms with Crippen molar-refractivity contribution in [3.8, 4) is 0 Å². The van der Waals surface area contributed by atoms with Crippen molar-refractivity contribution in [1.82, 2.24) is 4.90 Å². The third-order valence-electron chi connectivity index (χ3n) is 4.55. The number of aliphatic hydroxyl groups is 1. The number of carbonyl (C=O) groups is 2. The SMILES string of the molecule is C[NH+](C)CCCN1C(=O)C(=O)C(=C(O)c2ccc(Cl)cc2)[C@H]1c1ccco1. The van der Waals surface area contributed by atoms with Gasteiger partial charge >= 0.3 is 0 Å². The van der Waals surface area contributed by atoms with Gasteiger partial charge in [0, 0.05) is 23.6 Å². The van der Waals surface area contributed by atoms with Crippen LogP contribution in [0.4, 0.5) is 0 Å². The molecule has 27 heavy (non-hydrogen) atoms. The molecule has 0 unspecified atom stereocenters. The summed E-state index contributed by atoms with van der Waals surface area (Å²) in [6.45, 7) is 1.25. The van der Waals surface area contributed by atoms with Crippen molar-refractivity contribution in [3.63, 3.8) is 0 Å². The highest BCUT2D eigenvalue weighted by atomic mass is 35.5. The molecule has 6 nitrogen and oxygen atoms in total. The molecule has 1 aliphatic heterocycles. The Morgan fingerprint density at radius 2 is 1.93 bits per heavy atom. The maximum Gasteiger partial charge on any atom is 0.295 e. The number of nitrogens with one attached hydrogen (secondary N) is 1. The Kier molecular flexibility index (Phi) is 5.68. The first-order chi connectivity index (χ1) is 12.9. The number of amides is 1. The Balaban J connectivity index is 2.03. The summed E-state index contributed by atoms with van der Waals surface area (Å²) < 4.78 is 5.49. The second-order valence-corrected chi connectivity index (χ2v) is 7.26. The van der Waals surface area contributed by atoms with Crippen LogP contribution >= 0.6 is 11.6 Å². The highest BCUT2D eigenvalue weighted by Gasteiger charge is 2.47. The lowest BCUT2D eigenvalue weighted by atomic mass is 9.99. The van der Waals surface area contributed by atoms with Gasteiger partial charge in [-0.2, -0.15) is 0 Å². The molecule has 1 saturated heterocycles. The zero-order valence-electron chi connectivity index (χ0n) is 15.2. The van der Waals surface area contributed by atoms with E-state index in [2.05, 4.69) is 0 Å². The normalized spacial score (nSPS) is 19.3. The van der Waals surface area contributed by atoms with Crippen molar-refractivity contribution in [3.05, 3.63) is 64.6 Å². The molecule has 1 aromatic carbocycles. The molecule has 0 saturated carbocycles. The van der Waals surface area contributed by atoms with Crippen LogP contribution in [0.25, 0.3) is 5.76 Å². The van der Waals surface area contributed by atoms with E-state index in [-0.39, 0.29) is 11.3 Å². The van der Waals surface area contributed by atoms with Gasteiger partial charge in [-0.15, -0.1) is 0 Å². The lowest BCUT2D eigenvalue weighted by molar-refractivity contribution is -0.858.